The van der Waals surface area contributed by atoms with Crippen LogP contribution in [0, 0.1) is 5.92 Å². The maximum absolute atomic E-state index is 13.6. The average molecular weight is 387 g/mol. The zero-order chi connectivity index (χ0) is 19.9. The molecule has 4 rings (SSSR count). The van der Waals surface area contributed by atoms with Crippen LogP contribution < -0.4 is 5.32 Å². The van der Waals surface area contributed by atoms with Crippen LogP contribution in [0.15, 0.2) is 54.6 Å². The lowest BCUT2D eigenvalue weighted by atomic mass is 9.75. The van der Waals surface area contributed by atoms with Gasteiger partial charge in [-0.2, -0.15) is 13.2 Å². The van der Waals surface area contributed by atoms with Crippen LogP contribution >= 0.6 is 0 Å². The highest BCUT2D eigenvalue weighted by molar-refractivity contribution is 5.90. The molecule has 0 bridgehead atoms. The first-order valence-electron chi connectivity index (χ1n) is 9.30. The number of esters is 1. The number of carbonyl (C=O) groups excluding carboxylic acids is 1. The maximum Gasteiger partial charge on any atom is 0.416 e. The van der Waals surface area contributed by atoms with Crippen molar-refractivity contribution in [2.75, 3.05) is 11.9 Å². The third kappa shape index (κ3) is 3.17. The van der Waals surface area contributed by atoms with Crippen molar-refractivity contribution in [2.45, 2.75) is 31.5 Å². The fourth-order valence-electron chi connectivity index (χ4n) is 4.27. The summed E-state index contributed by atoms with van der Waals surface area (Å²) in [6, 6.07) is 10.5. The standard InChI is InChI=1S/C22H20F3NO2/c1-2-28-21(27)13-10-11-19-17(12-13)14-7-5-8-15(14)20(26-19)16-6-3-4-9-18(16)22(23,24)25/h3-7,9-12,14-15,20,26H,2,8H2,1H3/t14?,15?,20-/m0/s1. The molecule has 0 aromatic heterocycles. The summed E-state index contributed by atoms with van der Waals surface area (Å²) in [6.07, 6.45) is 0.306. The first-order valence-corrected chi connectivity index (χ1v) is 9.30. The Kier molecular flexibility index (Phi) is 4.65. The second-order valence-corrected chi connectivity index (χ2v) is 7.08. The molecule has 0 saturated carbocycles. The second kappa shape index (κ2) is 7.00. The number of rotatable bonds is 3. The van der Waals surface area contributed by atoms with Crippen molar-refractivity contribution in [3.63, 3.8) is 0 Å². The molecule has 0 fully saturated rings. The number of alkyl halides is 3. The lowest BCUT2D eigenvalue weighted by Gasteiger charge is -2.38. The normalized spacial score (nSPS) is 22.9. The maximum atomic E-state index is 13.6. The molecule has 3 atom stereocenters. The van der Waals surface area contributed by atoms with E-state index in [0.717, 1.165) is 17.3 Å². The van der Waals surface area contributed by atoms with Crippen LogP contribution in [0.2, 0.25) is 0 Å². The van der Waals surface area contributed by atoms with Crippen LogP contribution in [0.5, 0.6) is 0 Å². The van der Waals surface area contributed by atoms with E-state index in [9.17, 15) is 18.0 Å². The molecule has 1 heterocycles. The Morgan fingerprint density at radius 3 is 2.71 bits per heavy atom. The van der Waals surface area contributed by atoms with Crippen molar-refractivity contribution >= 4 is 11.7 Å². The Balaban J connectivity index is 1.76. The van der Waals surface area contributed by atoms with Crippen LogP contribution in [0.4, 0.5) is 18.9 Å². The first-order chi connectivity index (χ1) is 13.4. The van der Waals surface area contributed by atoms with Crippen LogP contribution in [-0.4, -0.2) is 12.6 Å². The summed E-state index contributed by atoms with van der Waals surface area (Å²) in [6.45, 7) is 2.03. The van der Waals surface area contributed by atoms with E-state index in [-0.39, 0.29) is 24.0 Å². The lowest BCUT2D eigenvalue weighted by Crippen LogP contribution is -2.31. The minimum atomic E-state index is -4.41. The number of ether oxygens (including phenoxy) is 1. The van der Waals surface area contributed by atoms with E-state index in [4.69, 9.17) is 4.74 Å². The van der Waals surface area contributed by atoms with Gasteiger partial charge in [-0.25, -0.2) is 4.79 Å². The molecule has 3 nitrogen and oxygen atoms in total. The molecule has 1 N–H and O–H groups in total. The van der Waals surface area contributed by atoms with E-state index in [2.05, 4.69) is 5.32 Å². The molecule has 2 aromatic carbocycles. The van der Waals surface area contributed by atoms with Gasteiger partial charge in [0.2, 0.25) is 0 Å². The van der Waals surface area contributed by atoms with Crippen LogP contribution in [0.25, 0.3) is 0 Å². The monoisotopic (exact) mass is 387 g/mol. The van der Waals surface area contributed by atoms with Crippen molar-refractivity contribution in [3.8, 4) is 0 Å². The Labute approximate surface area is 161 Å². The van der Waals surface area contributed by atoms with Crippen molar-refractivity contribution < 1.29 is 22.7 Å². The number of allylic oxidation sites excluding steroid dienone is 2. The van der Waals surface area contributed by atoms with Crippen molar-refractivity contribution in [2.24, 2.45) is 5.92 Å². The van der Waals surface area contributed by atoms with Gasteiger partial charge < -0.3 is 10.1 Å². The minimum Gasteiger partial charge on any atom is -0.462 e. The summed E-state index contributed by atoms with van der Waals surface area (Å²) in [5.74, 6) is -0.487. The molecule has 1 aliphatic carbocycles. The summed E-state index contributed by atoms with van der Waals surface area (Å²) >= 11 is 0. The predicted molar refractivity (Wildman–Crippen MR) is 100 cm³/mol. The number of carbonyl (C=O) groups is 1. The van der Waals surface area contributed by atoms with Gasteiger partial charge in [-0.1, -0.05) is 30.4 Å². The van der Waals surface area contributed by atoms with Gasteiger partial charge in [-0.3, -0.25) is 0 Å². The summed E-state index contributed by atoms with van der Waals surface area (Å²) in [5.41, 5.74) is 1.78. The molecule has 6 heteroatoms. The van der Waals surface area contributed by atoms with E-state index in [1.54, 1.807) is 37.3 Å². The van der Waals surface area contributed by atoms with Gasteiger partial charge in [0.1, 0.15) is 0 Å². The summed E-state index contributed by atoms with van der Waals surface area (Å²) < 4.78 is 45.8. The van der Waals surface area contributed by atoms with Gasteiger partial charge in [0.05, 0.1) is 23.8 Å². The van der Waals surface area contributed by atoms with Gasteiger partial charge in [-0.15, -0.1) is 0 Å². The van der Waals surface area contributed by atoms with Gasteiger partial charge in [0, 0.05) is 11.6 Å². The SMILES string of the molecule is CCOC(=O)c1ccc2c(c1)C1C=CCC1[C@@H](c1ccccc1C(F)(F)F)N2. The number of fused-ring (bicyclic) bond motifs is 3. The molecule has 2 aromatic rings. The smallest absolute Gasteiger partial charge is 0.416 e. The number of hydrogen-bond acceptors (Lipinski definition) is 3. The number of benzene rings is 2. The van der Waals surface area contributed by atoms with E-state index in [1.807, 2.05) is 12.2 Å². The van der Waals surface area contributed by atoms with Crippen LogP contribution in [0.1, 0.15) is 52.4 Å². The molecular weight excluding hydrogens is 367 g/mol. The third-order valence-electron chi connectivity index (χ3n) is 5.48. The molecule has 0 radical (unpaired) electrons. The number of nitrogens with one attached hydrogen (secondary N) is 1. The van der Waals surface area contributed by atoms with Gasteiger partial charge in [0.15, 0.2) is 0 Å². The fourth-order valence-corrected chi connectivity index (χ4v) is 4.27. The highest BCUT2D eigenvalue weighted by Crippen LogP contribution is 2.51. The summed E-state index contributed by atoms with van der Waals surface area (Å²) in [4.78, 5) is 12.1. The summed E-state index contributed by atoms with van der Waals surface area (Å²) in [7, 11) is 0. The molecule has 2 unspecified atom stereocenters. The van der Waals surface area contributed by atoms with Gasteiger partial charge >= 0.3 is 12.1 Å². The van der Waals surface area contributed by atoms with E-state index >= 15 is 0 Å². The Bertz CT molecular complexity index is 936. The van der Waals surface area contributed by atoms with Crippen molar-refractivity contribution in [1.82, 2.24) is 0 Å². The van der Waals surface area contributed by atoms with Crippen molar-refractivity contribution in [3.05, 3.63) is 76.9 Å². The first kappa shape index (κ1) is 18.6. The van der Waals surface area contributed by atoms with Crippen LogP contribution in [-0.2, 0) is 10.9 Å². The summed E-state index contributed by atoms with van der Waals surface area (Å²) in [5, 5.41) is 3.30. The lowest BCUT2D eigenvalue weighted by molar-refractivity contribution is -0.138. The highest BCUT2D eigenvalue weighted by Gasteiger charge is 2.42. The third-order valence-corrected chi connectivity index (χ3v) is 5.48. The average Bonchev–Trinajstić information content (AvgIpc) is 3.16. The minimum absolute atomic E-state index is 0.0445. The molecular formula is C22H20F3NO2. The zero-order valence-corrected chi connectivity index (χ0v) is 15.3. The number of anilines is 1. The zero-order valence-electron chi connectivity index (χ0n) is 15.3. The largest absolute Gasteiger partial charge is 0.462 e. The second-order valence-electron chi connectivity index (χ2n) is 7.08. The quantitative estimate of drug-likeness (QED) is 0.542. The van der Waals surface area contributed by atoms with E-state index in [0.29, 0.717) is 12.0 Å². The molecule has 0 saturated heterocycles. The molecule has 2 aliphatic rings. The number of hydrogen-bond donors (Lipinski definition) is 1. The highest BCUT2D eigenvalue weighted by atomic mass is 19.4. The molecule has 28 heavy (non-hydrogen) atoms. The number of halogens is 3. The molecule has 0 amide bonds. The fraction of sp³-hybridized carbons (Fsp3) is 0.318. The molecule has 146 valence electrons. The molecule has 0 spiro atoms. The van der Waals surface area contributed by atoms with E-state index in [1.165, 1.54) is 6.07 Å². The Hall–Kier alpha value is -2.76. The topological polar surface area (TPSA) is 38.3 Å². The Morgan fingerprint density at radius 1 is 1.18 bits per heavy atom. The van der Waals surface area contributed by atoms with Gasteiger partial charge in [0.25, 0.3) is 0 Å². The molecule has 1 aliphatic heterocycles. The van der Waals surface area contributed by atoms with Crippen molar-refractivity contribution in [1.29, 1.82) is 0 Å². The van der Waals surface area contributed by atoms with Crippen LogP contribution in [0.3, 0.4) is 0 Å². The van der Waals surface area contributed by atoms with E-state index < -0.39 is 23.8 Å². The van der Waals surface area contributed by atoms with Gasteiger partial charge in [-0.05, 0) is 54.7 Å². The Morgan fingerprint density at radius 2 is 1.96 bits per heavy atom. The predicted octanol–water partition coefficient (Wildman–Crippen LogP) is 5.71.